The highest BCUT2D eigenvalue weighted by molar-refractivity contribution is 6.06. The van der Waals surface area contributed by atoms with Crippen molar-refractivity contribution in [2.75, 3.05) is 19.5 Å². The first-order chi connectivity index (χ1) is 14.0. The molecule has 0 saturated heterocycles. The normalized spacial score (nSPS) is 10.7. The Labute approximate surface area is 166 Å². The highest BCUT2D eigenvalue weighted by Crippen LogP contribution is 2.38. The molecular weight excluding hydrogens is 380 g/mol. The molecule has 0 aliphatic heterocycles. The number of methoxy groups -OCH3 is 2. The number of aryl methyl sites for hydroxylation is 1. The molecule has 0 saturated carbocycles. The number of nitrogens with one attached hydrogen (secondary N) is 2. The Morgan fingerprint density at radius 2 is 1.93 bits per heavy atom. The number of hydrogen-bond acceptors (Lipinski definition) is 4. The number of hydrogen-bond donors (Lipinski definition) is 2. The monoisotopic (exact) mass is 401 g/mol. The number of halogens is 2. The van der Waals surface area contributed by atoms with Gasteiger partial charge in [-0.15, -0.1) is 0 Å². The molecule has 0 fully saturated rings. The predicted molar refractivity (Wildman–Crippen MR) is 105 cm³/mol. The first-order valence-electron chi connectivity index (χ1n) is 9.04. The summed E-state index contributed by atoms with van der Waals surface area (Å²) in [5, 5.41) is 9.99. The second kappa shape index (κ2) is 8.72. The van der Waals surface area contributed by atoms with E-state index in [0.29, 0.717) is 46.6 Å². The summed E-state index contributed by atoms with van der Waals surface area (Å²) in [6.07, 6.45) is 1.41. The fourth-order valence-corrected chi connectivity index (χ4v) is 2.99. The first kappa shape index (κ1) is 20.3. The number of amides is 1. The summed E-state index contributed by atoms with van der Waals surface area (Å²) in [6, 6.07) is 8.02. The Hall–Kier alpha value is -3.42. The van der Waals surface area contributed by atoms with Gasteiger partial charge in [-0.05, 0) is 36.8 Å². The van der Waals surface area contributed by atoms with Crippen LogP contribution in [0.15, 0.2) is 36.4 Å². The minimum Gasteiger partial charge on any atom is -0.497 e. The predicted octanol–water partition coefficient (Wildman–Crippen LogP) is 4.58. The van der Waals surface area contributed by atoms with Crippen LogP contribution in [0.3, 0.4) is 0 Å². The maximum absolute atomic E-state index is 14.1. The fourth-order valence-electron chi connectivity index (χ4n) is 2.99. The third-order valence-electron chi connectivity index (χ3n) is 4.42. The standard InChI is InChI=1S/C21H21F2N3O3/c1-4-5-17-20(24-21(27)14-8-6-12(22)10-16(14)23)19(26-25-17)15-11-13(28-2)7-9-18(15)29-3/h6-11H,4-5H2,1-3H3,(H,24,27)(H,25,26). The summed E-state index contributed by atoms with van der Waals surface area (Å²) in [6.45, 7) is 1.98. The second-order valence-electron chi connectivity index (χ2n) is 6.32. The summed E-state index contributed by atoms with van der Waals surface area (Å²) in [5.41, 5.74) is 1.86. The van der Waals surface area contributed by atoms with E-state index in [1.165, 1.54) is 7.11 Å². The molecule has 152 valence electrons. The molecule has 0 spiro atoms. The van der Waals surface area contributed by atoms with E-state index in [-0.39, 0.29) is 5.56 Å². The number of rotatable bonds is 7. The maximum Gasteiger partial charge on any atom is 0.258 e. The van der Waals surface area contributed by atoms with Gasteiger partial charge in [-0.1, -0.05) is 13.3 Å². The van der Waals surface area contributed by atoms with E-state index in [0.717, 1.165) is 18.6 Å². The average molecular weight is 401 g/mol. The number of nitrogens with zero attached hydrogens (tertiary/aromatic N) is 1. The highest BCUT2D eigenvalue weighted by Gasteiger charge is 2.22. The fraction of sp³-hybridized carbons (Fsp3) is 0.238. The van der Waals surface area contributed by atoms with Crippen molar-refractivity contribution >= 4 is 11.6 Å². The Kier molecular flexibility index (Phi) is 6.11. The van der Waals surface area contributed by atoms with Crippen LogP contribution in [0.25, 0.3) is 11.3 Å². The molecule has 1 aromatic heterocycles. The summed E-state index contributed by atoms with van der Waals surface area (Å²) in [4.78, 5) is 12.7. The van der Waals surface area contributed by atoms with Crippen molar-refractivity contribution in [3.05, 3.63) is 59.3 Å². The van der Waals surface area contributed by atoms with Gasteiger partial charge < -0.3 is 14.8 Å². The summed E-state index contributed by atoms with van der Waals surface area (Å²) in [7, 11) is 3.07. The Balaban J connectivity index is 2.07. The van der Waals surface area contributed by atoms with Crippen molar-refractivity contribution in [2.24, 2.45) is 0 Å². The van der Waals surface area contributed by atoms with Gasteiger partial charge in [-0.25, -0.2) is 8.78 Å². The second-order valence-corrected chi connectivity index (χ2v) is 6.32. The molecule has 29 heavy (non-hydrogen) atoms. The van der Waals surface area contributed by atoms with Gasteiger partial charge in [-0.2, -0.15) is 5.10 Å². The third-order valence-corrected chi connectivity index (χ3v) is 4.42. The third kappa shape index (κ3) is 4.21. The van der Waals surface area contributed by atoms with Crippen LogP contribution >= 0.6 is 0 Å². The SMILES string of the molecule is CCCc1[nH]nc(-c2cc(OC)ccc2OC)c1NC(=O)c1ccc(F)cc1F. The smallest absolute Gasteiger partial charge is 0.258 e. The van der Waals surface area contributed by atoms with Gasteiger partial charge in [0.1, 0.15) is 28.8 Å². The van der Waals surface area contributed by atoms with Gasteiger partial charge in [0, 0.05) is 11.6 Å². The van der Waals surface area contributed by atoms with E-state index < -0.39 is 17.5 Å². The largest absolute Gasteiger partial charge is 0.497 e. The number of H-pyrrole nitrogens is 1. The van der Waals surface area contributed by atoms with Gasteiger partial charge in [-0.3, -0.25) is 9.89 Å². The molecule has 2 N–H and O–H groups in total. The molecule has 2 aromatic carbocycles. The lowest BCUT2D eigenvalue weighted by atomic mass is 10.1. The number of aromatic nitrogens is 2. The van der Waals surface area contributed by atoms with Crippen molar-refractivity contribution in [2.45, 2.75) is 19.8 Å². The minimum absolute atomic E-state index is 0.265. The number of carbonyl (C=O) groups excluding carboxylic acids is 1. The Morgan fingerprint density at radius 3 is 2.59 bits per heavy atom. The Morgan fingerprint density at radius 1 is 1.14 bits per heavy atom. The molecule has 0 atom stereocenters. The molecular formula is C21H21F2N3O3. The van der Waals surface area contributed by atoms with E-state index >= 15 is 0 Å². The van der Waals surface area contributed by atoms with Crippen LogP contribution < -0.4 is 14.8 Å². The molecule has 3 aromatic rings. The lowest BCUT2D eigenvalue weighted by Crippen LogP contribution is -2.15. The van der Waals surface area contributed by atoms with Gasteiger partial charge >= 0.3 is 0 Å². The van der Waals surface area contributed by atoms with E-state index in [1.54, 1.807) is 25.3 Å². The number of ether oxygens (including phenoxy) is 2. The van der Waals surface area contributed by atoms with Crippen LogP contribution in [0.2, 0.25) is 0 Å². The number of aromatic amines is 1. The van der Waals surface area contributed by atoms with Crippen molar-refractivity contribution < 1.29 is 23.0 Å². The number of benzene rings is 2. The van der Waals surface area contributed by atoms with Crippen LogP contribution in [0.1, 0.15) is 29.4 Å². The lowest BCUT2D eigenvalue weighted by molar-refractivity contribution is 0.102. The zero-order valence-corrected chi connectivity index (χ0v) is 16.3. The van der Waals surface area contributed by atoms with E-state index in [2.05, 4.69) is 15.5 Å². The van der Waals surface area contributed by atoms with Gasteiger partial charge in [0.25, 0.3) is 5.91 Å². The molecule has 1 heterocycles. The Bertz CT molecular complexity index is 1030. The lowest BCUT2D eigenvalue weighted by Gasteiger charge is -2.12. The quantitative estimate of drug-likeness (QED) is 0.608. The van der Waals surface area contributed by atoms with Crippen molar-refractivity contribution in [1.82, 2.24) is 10.2 Å². The van der Waals surface area contributed by atoms with Gasteiger partial charge in [0.15, 0.2) is 0 Å². The molecule has 0 radical (unpaired) electrons. The molecule has 8 heteroatoms. The zero-order valence-electron chi connectivity index (χ0n) is 16.3. The van der Waals surface area contributed by atoms with E-state index in [4.69, 9.17) is 9.47 Å². The van der Waals surface area contributed by atoms with Gasteiger partial charge in [0.05, 0.1) is 31.2 Å². The highest BCUT2D eigenvalue weighted by atomic mass is 19.1. The number of carbonyl (C=O) groups is 1. The number of anilines is 1. The van der Waals surface area contributed by atoms with E-state index in [9.17, 15) is 13.6 Å². The van der Waals surface area contributed by atoms with Crippen LogP contribution in [0, 0.1) is 11.6 Å². The van der Waals surface area contributed by atoms with Gasteiger partial charge in [0.2, 0.25) is 0 Å². The molecule has 1 amide bonds. The summed E-state index contributed by atoms with van der Waals surface area (Å²) >= 11 is 0. The minimum atomic E-state index is -0.941. The molecule has 0 aliphatic carbocycles. The molecule has 0 unspecified atom stereocenters. The van der Waals surface area contributed by atoms with Crippen LogP contribution in [0.4, 0.5) is 14.5 Å². The maximum atomic E-state index is 14.1. The first-order valence-corrected chi connectivity index (χ1v) is 9.04. The average Bonchev–Trinajstić information content (AvgIpc) is 3.09. The summed E-state index contributed by atoms with van der Waals surface area (Å²) < 4.78 is 37.9. The van der Waals surface area contributed by atoms with Crippen molar-refractivity contribution in [1.29, 1.82) is 0 Å². The zero-order chi connectivity index (χ0) is 21.0. The summed E-state index contributed by atoms with van der Waals surface area (Å²) in [5.74, 6) is -1.28. The van der Waals surface area contributed by atoms with Crippen LogP contribution in [-0.4, -0.2) is 30.3 Å². The molecule has 3 rings (SSSR count). The van der Waals surface area contributed by atoms with Crippen LogP contribution in [0.5, 0.6) is 11.5 Å². The van der Waals surface area contributed by atoms with Crippen molar-refractivity contribution in [3.63, 3.8) is 0 Å². The molecule has 0 bridgehead atoms. The molecule has 0 aliphatic rings. The van der Waals surface area contributed by atoms with Crippen molar-refractivity contribution in [3.8, 4) is 22.8 Å². The van der Waals surface area contributed by atoms with E-state index in [1.807, 2.05) is 6.92 Å². The topological polar surface area (TPSA) is 76.2 Å². The molecule has 6 nitrogen and oxygen atoms in total. The van der Waals surface area contributed by atoms with Crippen LogP contribution in [-0.2, 0) is 6.42 Å².